The molecule has 3 heteroatoms. The van der Waals surface area contributed by atoms with Crippen molar-refractivity contribution in [3.05, 3.63) is 28.8 Å². The first-order valence-corrected chi connectivity index (χ1v) is 5.05. The van der Waals surface area contributed by atoms with E-state index in [9.17, 15) is 4.79 Å². The van der Waals surface area contributed by atoms with E-state index >= 15 is 0 Å². The van der Waals surface area contributed by atoms with Gasteiger partial charge in [-0.3, -0.25) is 0 Å². The number of aldehydes is 1. The predicted octanol–water partition coefficient (Wildman–Crippen LogP) is 2.29. The van der Waals surface area contributed by atoms with Crippen LogP contribution in [0.5, 0.6) is 0 Å². The van der Waals surface area contributed by atoms with Gasteiger partial charge >= 0.3 is 0 Å². The predicted molar refractivity (Wildman–Crippen MR) is 58.0 cm³/mol. The van der Waals surface area contributed by atoms with Crippen LogP contribution >= 0.6 is 11.6 Å². The second kappa shape index (κ2) is 3.62. The topological polar surface area (TPSA) is 20.3 Å². The van der Waals surface area contributed by atoms with Crippen molar-refractivity contribution in [1.29, 1.82) is 0 Å². The molecular weight excluding hydrogens is 198 g/mol. The van der Waals surface area contributed by atoms with Gasteiger partial charge in [-0.2, -0.15) is 0 Å². The smallest absolute Gasteiger partial charge is 0.122 e. The first-order valence-electron chi connectivity index (χ1n) is 4.68. The molecule has 1 unspecified atom stereocenters. The molecule has 0 spiro atoms. The average Bonchev–Trinajstić information content (AvgIpc) is 2.46. The van der Waals surface area contributed by atoms with Crippen molar-refractivity contribution < 1.29 is 4.79 Å². The Balaban J connectivity index is 2.35. The molecule has 0 aromatic heterocycles. The first-order chi connectivity index (χ1) is 6.74. The van der Waals surface area contributed by atoms with Crippen LogP contribution in [0.4, 0.5) is 5.69 Å². The van der Waals surface area contributed by atoms with Gasteiger partial charge in [0.15, 0.2) is 0 Å². The first kappa shape index (κ1) is 9.53. The summed E-state index contributed by atoms with van der Waals surface area (Å²) in [5.41, 5.74) is 2.33. The lowest BCUT2D eigenvalue weighted by Crippen LogP contribution is -2.28. The van der Waals surface area contributed by atoms with Crippen molar-refractivity contribution in [3.8, 4) is 0 Å². The van der Waals surface area contributed by atoms with E-state index in [1.54, 1.807) is 0 Å². The summed E-state index contributed by atoms with van der Waals surface area (Å²) in [6.07, 6.45) is 2.47. The number of carbonyl (C=O) groups excluding carboxylic acids is 1. The molecule has 1 aliphatic heterocycles. The molecule has 0 fully saturated rings. The van der Waals surface area contributed by atoms with Crippen LogP contribution in [0.15, 0.2) is 18.2 Å². The van der Waals surface area contributed by atoms with Crippen LogP contribution in [0, 0.1) is 0 Å². The van der Waals surface area contributed by atoms with Crippen LogP contribution in [0.2, 0.25) is 5.02 Å². The lowest BCUT2D eigenvalue weighted by Gasteiger charge is -2.21. The summed E-state index contributed by atoms with van der Waals surface area (Å²) in [5.74, 6) is 0. The molecule has 0 saturated carbocycles. The number of nitrogens with zero attached hydrogens (tertiary/aromatic N) is 1. The van der Waals surface area contributed by atoms with Crippen LogP contribution in [0.25, 0.3) is 0 Å². The molecular formula is C11H12ClNO. The number of likely N-dealkylation sites (N-methyl/N-ethyl adjacent to an activating group) is 1. The standard InChI is InChI=1S/C11H12ClNO/c1-13-9(5-6-14)7-8-3-2-4-10(12)11(8)13/h2-4,6,9H,5,7H2,1H3. The Hall–Kier alpha value is -1.02. The SMILES string of the molecule is CN1c2c(Cl)cccc2CC1CC=O. The van der Waals surface area contributed by atoms with Gasteiger partial charge in [-0.05, 0) is 18.1 Å². The van der Waals surface area contributed by atoms with Gasteiger partial charge in [0.25, 0.3) is 0 Å². The van der Waals surface area contributed by atoms with Crippen molar-refractivity contribution in [2.75, 3.05) is 11.9 Å². The summed E-state index contributed by atoms with van der Waals surface area (Å²) in [4.78, 5) is 12.6. The maximum Gasteiger partial charge on any atom is 0.122 e. The molecule has 0 amide bonds. The molecule has 0 saturated heterocycles. The minimum absolute atomic E-state index is 0.280. The summed E-state index contributed by atoms with van der Waals surface area (Å²) in [7, 11) is 1.99. The zero-order valence-electron chi connectivity index (χ0n) is 8.03. The number of carbonyl (C=O) groups is 1. The van der Waals surface area contributed by atoms with Crippen molar-refractivity contribution in [2.24, 2.45) is 0 Å². The quantitative estimate of drug-likeness (QED) is 0.697. The van der Waals surface area contributed by atoms with E-state index in [2.05, 4.69) is 11.0 Å². The fraction of sp³-hybridized carbons (Fsp3) is 0.364. The number of rotatable bonds is 2. The molecule has 2 rings (SSSR count). The van der Waals surface area contributed by atoms with Gasteiger partial charge in [-0.1, -0.05) is 23.7 Å². The monoisotopic (exact) mass is 209 g/mol. The molecule has 0 radical (unpaired) electrons. The summed E-state index contributed by atoms with van der Waals surface area (Å²) in [5, 5.41) is 0.776. The Bertz CT molecular complexity index is 364. The number of fused-ring (bicyclic) bond motifs is 1. The van der Waals surface area contributed by atoms with Crippen LogP contribution in [0.3, 0.4) is 0 Å². The Morgan fingerprint density at radius 1 is 1.64 bits per heavy atom. The molecule has 14 heavy (non-hydrogen) atoms. The maximum atomic E-state index is 10.5. The fourth-order valence-electron chi connectivity index (χ4n) is 2.05. The molecule has 1 aromatic carbocycles. The van der Waals surface area contributed by atoms with Crippen LogP contribution in [0.1, 0.15) is 12.0 Å². The Morgan fingerprint density at radius 2 is 2.43 bits per heavy atom. The Labute approximate surface area is 88.5 Å². The highest BCUT2D eigenvalue weighted by Gasteiger charge is 2.27. The van der Waals surface area contributed by atoms with E-state index in [1.165, 1.54) is 5.56 Å². The number of halogens is 1. The normalized spacial score (nSPS) is 19.6. The van der Waals surface area contributed by atoms with E-state index in [-0.39, 0.29) is 6.04 Å². The van der Waals surface area contributed by atoms with Crippen LogP contribution in [-0.4, -0.2) is 19.4 Å². The third-order valence-electron chi connectivity index (χ3n) is 2.79. The number of para-hydroxylation sites is 1. The molecule has 74 valence electrons. The second-order valence-electron chi connectivity index (χ2n) is 3.62. The summed E-state index contributed by atoms with van der Waals surface area (Å²) >= 11 is 6.10. The van der Waals surface area contributed by atoms with E-state index in [1.807, 2.05) is 19.2 Å². The number of hydrogen-bond donors (Lipinski definition) is 0. The third kappa shape index (κ3) is 1.40. The minimum Gasteiger partial charge on any atom is -0.369 e. The van der Waals surface area contributed by atoms with Crippen molar-refractivity contribution >= 4 is 23.6 Å². The van der Waals surface area contributed by atoms with E-state index in [4.69, 9.17) is 11.6 Å². The van der Waals surface area contributed by atoms with Gasteiger partial charge in [0, 0.05) is 19.5 Å². The molecule has 1 heterocycles. The zero-order chi connectivity index (χ0) is 10.1. The molecule has 2 nitrogen and oxygen atoms in total. The van der Waals surface area contributed by atoms with Crippen LogP contribution < -0.4 is 4.90 Å². The van der Waals surface area contributed by atoms with Gasteiger partial charge in [0.1, 0.15) is 6.29 Å². The van der Waals surface area contributed by atoms with Gasteiger partial charge in [-0.25, -0.2) is 0 Å². The van der Waals surface area contributed by atoms with Gasteiger partial charge in [-0.15, -0.1) is 0 Å². The van der Waals surface area contributed by atoms with Gasteiger partial charge in [0.05, 0.1) is 10.7 Å². The van der Waals surface area contributed by atoms with E-state index < -0.39 is 0 Å². The van der Waals surface area contributed by atoms with E-state index in [0.29, 0.717) is 6.42 Å². The number of benzene rings is 1. The molecule has 1 aromatic rings. The average molecular weight is 210 g/mol. The highest BCUT2D eigenvalue weighted by atomic mass is 35.5. The van der Waals surface area contributed by atoms with Gasteiger partial charge in [0.2, 0.25) is 0 Å². The second-order valence-corrected chi connectivity index (χ2v) is 4.03. The number of hydrogen-bond acceptors (Lipinski definition) is 2. The Kier molecular flexibility index (Phi) is 2.46. The van der Waals surface area contributed by atoms with Crippen LogP contribution in [-0.2, 0) is 11.2 Å². The lowest BCUT2D eigenvalue weighted by atomic mass is 10.1. The largest absolute Gasteiger partial charge is 0.369 e. The molecule has 1 atom stereocenters. The molecule has 1 aliphatic rings. The van der Waals surface area contributed by atoms with Crippen molar-refractivity contribution in [2.45, 2.75) is 18.9 Å². The lowest BCUT2D eigenvalue weighted by molar-refractivity contribution is -0.108. The van der Waals surface area contributed by atoms with E-state index in [0.717, 1.165) is 23.4 Å². The minimum atomic E-state index is 0.280. The third-order valence-corrected chi connectivity index (χ3v) is 3.10. The molecule has 0 aliphatic carbocycles. The van der Waals surface area contributed by atoms with Crippen molar-refractivity contribution in [3.63, 3.8) is 0 Å². The summed E-state index contributed by atoms with van der Waals surface area (Å²) < 4.78 is 0. The summed E-state index contributed by atoms with van der Waals surface area (Å²) in [6, 6.07) is 6.20. The van der Waals surface area contributed by atoms with Gasteiger partial charge < -0.3 is 9.69 Å². The summed E-state index contributed by atoms with van der Waals surface area (Å²) in [6.45, 7) is 0. The molecule has 0 bridgehead atoms. The zero-order valence-corrected chi connectivity index (χ0v) is 8.79. The fourth-order valence-corrected chi connectivity index (χ4v) is 2.37. The maximum absolute atomic E-state index is 10.5. The Morgan fingerprint density at radius 3 is 3.07 bits per heavy atom. The highest BCUT2D eigenvalue weighted by molar-refractivity contribution is 6.33. The highest BCUT2D eigenvalue weighted by Crippen LogP contribution is 2.37. The number of anilines is 1. The molecule has 0 N–H and O–H groups in total. The van der Waals surface area contributed by atoms with Crippen molar-refractivity contribution in [1.82, 2.24) is 0 Å².